The summed E-state index contributed by atoms with van der Waals surface area (Å²) in [5.74, 6) is -0.463. The maximum absolute atomic E-state index is 11.5. The lowest BCUT2D eigenvalue weighted by Crippen LogP contribution is -2.20. The zero-order chi connectivity index (χ0) is 12.8. The largest absolute Gasteiger partial charge is 0.359 e. The quantitative estimate of drug-likeness (QED) is 0.886. The second-order valence-corrected chi connectivity index (χ2v) is 4.19. The fraction of sp³-hybridized carbons (Fsp3) is 0.273. The van der Waals surface area contributed by atoms with Gasteiger partial charge in [-0.15, -0.1) is 0 Å². The molecule has 0 fully saturated rings. The molecule has 0 aliphatic rings. The Morgan fingerprint density at radius 3 is 2.47 bits per heavy atom. The average molecular weight is 275 g/mol. The molecule has 0 spiro atoms. The van der Waals surface area contributed by atoms with E-state index in [0.717, 1.165) is 0 Å². The molecule has 0 unspecified atom stereocenters. The van der Waals surface area contributed by atoms with E-state index in [1.54, 1.807) is 18.2 Å². The fourth-order valence-corrected chi connectivity index (χ4v) is 1.49. The number of anilines is 1. The highest BCUT2D eigenvalue weighted by atomic mass is 35.5. The molecule has 6 heteroatoms. The van der Waals surface area contributed by atoms with Crippen molar-refractivity contribution < 1.29 is 9.59 Å². The third-order valence-corrected chi connectivity index (χ3v) is 2.63. The maximum Gasteiger partial charge on any atom is 0.224 e. The summed E-state index contributed by atoms with van der Waals surface area (Å²) in [5.41, 5.74) is 0.445. The molecule has 17 heavy (non-hydrogen) atoms. The Labute approximate surface area is 109 Å². The van der Waals surface area contributed by atoms with Gasteiger partial charge in [-0.3, -0.25) is 9.59 Å². The van der Waals surface area contributed by atoms with Gasteiger partial charge in [-0.2, -0.15) is 0 Å². The van der Waals surface area contributed by atoms with Crippen molar-refractivity contribution in [3.63, 3.8) is 0 Å². The van der Waals surface area contributed by atoms with E-state index < -0.39 is 0 Å². The molecule has 0 bridgehead atoms. The van der Waals surface area contributed by atoms with Gasteiger partial charge in [0, 0.05) is 24.9 Å². The molecular formula is C11H12Cl2N2O2. The summed E-state index contributed by atoms with van der Waals surface area (Å²) in [6.45, 7) is 0. The first kappa shape index (κ1) is 13.8. The van der Waals surface area contributed by atoms with E-state index >= 15 is 0 Å². The number of carbonyl (C=O) groups excluding carboxylic acids is 2. The Kier molecular flexibility index (Phi) is 5.25. The minimum Gasteiger partial charge on any atom is -0.359 e. The molecule has 1 rings (SSSR count). The van der Waals surface area contributed by atoms with Crippen molar-refractivity contribution >= 4 is 40.7 Å². The number of benzene rings is 1. The summed E-state index contributed by atoms with van der Waals surface area (Å²) >= 11 is 11.7. The Morgan fingerprint density at radius 1 is 1.18 bits per heavy atom. The van der Waals surface area contributed by atoms with E-state index in [1.807, 2.05) is 0 Å². The van der Waals surface area contributed by atoms with E-state index in [4.69, 9.17) is 23.2 Å². The third kappa shape index (κ3) is 4.63. The van der Waals surface area contributed by atoms with Gasteiger partial charge in [0.1, 0.15) is 0 Å². The van der Waals surface area contributed by atoms with Crippen molar-refractivity contribution in [2.24, 2.45) is 0 Å². The van der Waals surface area contributed by atoms with E-state index in [0.29, 0.717) is 15.7 Å². The van der Waals surface area contributed by atoms with Crippen LogP contribution >= 0.6 is 23.2 Å². The van der Waals surface area contributed by atoms with Crippen LogP contribution in [0.3, 0.4) is 0 Å². The van der Waals surface area contributed by atoms with Crippen LogP contribution in [0.25, 0.3) is 0 Å². The predicted molar refractivity (Wildman–Crippen MR) is 68.4 cm³/mol. The summed E-state index contributed by atoms with van der Waals surface area (Å²) in [4.78, 5) is 22.5. The first-order valence-corrected chi connectivity index (χ1v) is 5.74. The second kappa shape index (κ2) is 6.47. The highest BCUT2D eigenvalue weighted by molar-refractivity contribution is 6.35. The summed E-state index contributed by atoms with van der Waals surface area (Å²) in [6.07, 6.45) is 0.239. The average Bonchev–Trinajstić information content (AvgIpc) is 2.30. The molecule has 0 atom stereocenters. The van der Waals surface area contributed by atoms with Crippen LogP contribution in [0.1, 0.15) is 12.8 Å². The van der Waals surface area contributed by atoms with Crippen LogP contribution in [0.4, 0.5) is 5.69 Å². The van der Waals surface area contributed by atoms with Gasteiger partial charge >= 0.3 is 0 Å². The zero-order valence-electron chi connectivity index (χ0n) is 9.22. The molecule has 0 aromatic heterocycles. The molecule has 0 radical (unpaired) electrons. The van der Waals surface area contributed by atoms with Crippen molar-refractivity contribution in [3.8, 4) is 0 Å². The lowest BCUT2D eigenvalue weighted by atomic mass is 10.2. The van der Waals surface area contributed by atoms with Crippen molar-refractivity contribution in [2.45, 2.75) is 12.8 Å². The normalized spacial score (nSPS) is 9.82. The van der Waals surface area contributed by atoms with E-state index in [-0.39, 0.29) is 24.7 Å². The molecule has 1 aromatic rings. The van der Waals surface area contributed by atoms with Crippen molar-refractivity contribution in [3.05, 3.63) is 28.2 Å². The van der Waals surface area contributed by atoms with Gasteiger partial charge in [-0.05, 0) is 18.2 Å². The molecule has 0 saturated heterocycles. The number of hydrogen-bond acceptors (Lipinski definition) is 2. The third-order valence-electron chi connectivity index (χ3n) is 2.06. The standard InChI is InChI=1S/C11H12Cl2N2O2/c1-14-10(16)4-5-11(17)15-9-6-7(12)2-3-8(9)13/h2-3,6H,4-5H2,1H3,(H,14,16)(H,15,17). The Balaban J connectivity index is 2.56. The van der Waals surface area contributed by atoms with Gasteiger partial charge in [-0.1, -0.05) is 23.2 Å². The number of nitrogens with one attached hydrogen (secondary N) is 2. The smallest absolute Gasteiger partial charge is 0.224 e. The molecular weight excluding hydrogens is 263 g/mol. The number of carbonyl (C=O) groups is 2. The zero-order valence-corrected chi connectivity index (χ0v) is 10.7. The monoisotopic (exact) mass is 274 g/mol. The van der Waals surface area contributed by atoms with Gasteiger partial charge in [0.15, 0.2) is 0 Å². The number of rotatable bonds is 4. The summed E-state index contributed by atoms with van der Waals surface area (Å²) < 4.78 is 0. The van der Waals surface area contributed by atoms with E-state index in [2.05, 4.69) is 10.6 Å². The molecule has 0 heterocycles. The van der Waals surface area contributed by atoms with Crippen LogP contribution in [-0.2, 0) is 9.59 Å². The summed E-state index contributed by atoms with van der Waals surface area (Å²) in [6, 6.07) is 4.78. The van der Waals surface area contributed by atoms with Crippen LogP contribution in [-0.4, -0.2) is 18.9 Å². The molecule has 1 aromatic carbocycles. The Hall–Kier alpha value is -1.26. The first-order chi connectivity index (χ1) is 8.02. The topological polar surface area (TPSA) is 58.2 Å². The minimum absolute atomic E-state index is 0.0997. The Morgan fingerprint density at radius 2 is 1.82 bits per heavy atom. The summed E-state index contributed by atoms with van der Waals surface area (Å²) in [7, 11) is 1.52. The van der Waals surface area contributed by atoms with E-state index in [1.165, 1.54) is 7.05 Å². The van der Waals surface area contributed by atoms with Crippen molar-refractivity contribution in [1.82, 2.24) is 5.32 Å². The highest BCUT2D eigenvalue weighted by Crippen LogP contribution is 2.25. The summed E-state index contributed by atoms with van der Waals surface area (Å²) in [5, 5.41) is 5.92. The van der Waals surface area contributed by atoms with Crippen molar-refractivity contribution in [1.29, 1.82) is 0 Å². The van der Waals surface area contributed by atoms with Gasteiger partial charge in [0.25, 0.3) is 0 Å². The fourth-order valence-electron chi connectivity index (χ4n) is 1.16. The molecule has 2 amide bonds. The maximum atomic E-state index is 11.5. The van der Waals surface area contributed by atoms with Crippen LogP contribution in [0, 0.1) is 0 Å². The van der Waals surface area contributed by atoms with Gasteiger partial charge in [0.05, 0.1) is 10.7 Å². The predicted octanol–water partition coefficient (Wildman–Crippen LogP) is 2.46. The highest BCUT2D eigenvalue weighted by Gasteiger charge is 2.08. The second-order valence-electron chi connectivity index (χ2n) is 3.35. The SMILES string of the molecule is CNC(=O)CCC(=O)Nc1cc(Cl)ccc1Cl. The van der Waals surface area contributed by atoms with Crippen LogP contribution < -0.4 is 10.6 Å². The van der Waals surface area contributed by atoms with Crippen molar-refractivity contribution in [2.75, 3.05) is 12.4 Å². The number of halogens is 2. The van der Waals surface area contributed by atoms with Crippen LogP contribution in [0.2, 0.25) is 10.0 Å². The lowest BCUT2D eigenvalue weighted by Gasteiger charge is -2.07. The Bertz CT molecular complexity index is 435. The number of amides is 2. The molecule has 2 N–H and O–H groups in total. The van der Waals surface area contributed by atoms with Gasteiger partial charge in [0.2, 0.25) is 11.8 Å². The van der Waals surface area contributed by atoms with Crippen LogP contribution in [0.15, 0.2) is 18.2 Å². The molecule has 0 saturated carbocycles. The molecule has 92 valence electrons. The minimum atomic E-state index is -0.280. The number of hydrogen-bond donors (Lipinski definition) is 2. The van der Waals surface area contributed by atoms with E-state index in [9.17, 15) is 9.59 Å². The molecule has 0 aliphatic heterocycles. The molecule has 0 aliphatic carbocycles. The molecule has 4 nitrogen and oxygen atoms in total. The van der Waals surface area contributed by atoms with Gasteiger partial charge in [-0.25, -0.2) is 0 Å². The van der Waals surface area contributed by atoms with Crippen LogP contribution in [0.5, 0.6) is 0 Å². The lowest BCUT2D eigenvalue weighted by molar-refractivity contribution is -0.124. The first-order valence-electron chi connectivity index (χ1n) is 4.98. The van der Waals surface area contributed by atoms with Gasteiger partial charge < -0.3 is 10.6 Å².